The van der Waals surface area contributed by atoms with Gasteiger partial charge in [0.15, 0.2) is 0 Å². The summed E-state index contributed by atoms with van der Waals surface area (Å²) in [6.45, 7) is 0.743. The lowest BCUT2D eigenvalue weighted by Crippen LogP contribution is -2.24. The highest BCUT2D eigenvalue weighted by atomic mass is 16.5. The summed E-state index contributed by atoms with van der Waals surface area (Å²) in [6, 6.07) is 10.7. The molecule has 0 fully saturated rings. The van der Waals surface area contributed by atoms with Gasteiger partial charge in [-0.3, -0.25) is 9.59 Å². The highest BCUT2D eigenvalue weighted by Crippen LogP contribution is 2.31. The number of ketones is 1. The van der Waals surface area contributed by atoms with Gasteiger partial charge < -0.3 is 14.0 Å². The van der Waals surface area contributed by atoms with E-state index in [1.54, 1.807) is 37.4 Å². The molecule has 2 aromatic rings. The number of hydrogen-bond donors (Lipinski definition) is 0. The number of rotatable bonds is 4. The van der Waals surface area contributed by atoms with E-state index in [-0.39, 0.29) is 17.7 Å². The number of esters is 1. The molecular formula is C18H19NO4. The molecule has 120 valence electrons. The second kappa shape index (κ2) is 6.28. The van der Waals surface area contributed by atoms with Gasteiger partial charge in [0, 0.05) is 17.8 Å². The number of fused-ring (bicyclic) bond motifs is 1. The van der Waals surface area contributed by atoms with Gasteiger partial charge >= 0.3 is 5.97 Å². The van der Waals surface area contributed by atoms with E-state index >= 15 is 0 Å². The third kappa shape index (κ3) is 2.74. The second-order valence-electron chi connectivity index (χ2n) is 5.57. The Balaban J connectivity index is 1.93. The molecule has 0 saturated heterocycles. The standard InChI is InChI=1S/C18H19NO4/c1-22-13-7-5-12(6-8-13)17(20)16-10-9-15-14(18(21)23-2)4-3-11-19(15)16/h5-10,14H,3-4,11H2,1-2H3. The van der Waals surface area contributed by atoms with Crippen molar-refractivity contribution in [3.63, 3.8) is 0 Å². The van der Waals surface area contributed by atoms with E-state index < -0.39 is 0 Å². The lowest BCUT2D eigenvalue weighted by Gasteiger charge is -2.24. The van der Waals surface area contributed by atoms with Crippen LogP contribution >= 0.6 is 0 Å². The molecule has 1 aromatic carbocycles. The predicted molar refractivity (Wildman–Crippen MR) is 84.8 cm³/mol. The molecule has 2 heterocycles. The molecule has 0 spiro atoms. The Kier molecular flexibility index (Phi) is 4.19. The van der Waals surface area contributed by atoms with Crippen LogP contribution in [-0.2, 0) is 16.1 Å². The summed E-state index contributed by atoms with van der Waals surface area (Å²) in [5.41, 5.74) is 2.07. The minimum Gasteiger partial charge on any atom is -0.497 e. The molecule has 0 saturated carbocycles. The quantitative estimate of drug-likeness (QED) is 0.643. The van der Waals surface area contributed by atoms with Crippen LogP contribution in [0.1, 0.15) is 40.5 Å². The average molecular weight is 313 g/mol. The van der Waals surface area contributed by atoms with E-state index in [9.17, 15) is 9.59 Å². The number of aromatic nitrogens is 1. The van der Waals surface area contributed by atoms with Crippen molar-refractivity contribution < 1.29 is 19.1 Å². The first-order valence-corrected chi connectivity index (χ1v) is 7.61. The predicted octanol–water partition coefficient (Wildman–Crippen LogP) is 2.78. The van der Waals surface area contributed by atoms with Crippen LogP contribution < -0.4 is 4.74 Å². The maximum absolute atomic E-state index is 12.7. The molecule has 1 unspecified atom stereocenters. The molecule has 5 heteroatoms. The summed E-state index contributed by atoms with van der Waals surface area (Å²) < 4.78 is 11.9. The Labute approximate surface area is 134 Å². The zero-order valence-corrected chi connectivity index (χ0v) is 13.2. The molecule has 0 bridgehead atoms. The van der Waals surface area contributed by atoms with Crippen molar-refractivity contribution in [2.75, 3.05) is 14.2 Å². The Morgan fingerprint density at radius 3 is 2.48 bits per heavy atom. The monoisotopic (exact) mass is 313 g/mol. The molecular weight excluding hydrogens is 294 g/mol. The topological polar surface area (TPSA) is 57.5 Å². The molecule has 1 atom stereocenters. The van der Waals surface area contributed by atoms with E-state index in [0.29, 0.717) is 17.0 Å². The Morgan fingerprint density at radius 1 is 1.09 bits per heavy atom. The maximum Gasteiger partial charge on any atom is 0.314 e. The van der Waals surface area contributed by atoms with Gasteiger partial charge in [0.1, 0.15) is 5.75 Å². The van der Waals surface area contributed by atoms with Crippen LogP contribution in [0.4, 0.5) is 0 Å². The van der Waals surface area contributed by atoms with Gasteiger partial charge in [0.25, 0.3) is 0 Å². The Bertz CT molecular complexity index is 730. The van der Waals surface area contributed by atoms with Crippen LogP contribution in [0.5, 0.6) is 5.75 Å². The highest BCUT2D eigenvalue weighted by Gasteiger charge is 2.30. The van der Waals surface area contributed by atoms with Crippen molar-refractivity contribution in [3.8, 4) is 5.75 Å². The molecule has 23 heavy (non-hydrogen) atoms. The molecule has 0 amide bonds. The number of hydrogen-bond acceptors (Lipinski definition) is 4. The number of carbonyl (C=O) groups excluding carboxylic acids is 2. The van der Waals surface area contributed by atoms with Crippen molar-refractivity contribution >= 4 is 11.8 Å². The molecule has 0 radical (unpaired) electrons. The minimum absolute atomic E-state index is 0.0515. The number of nitrogens with zero attached hydrogens (tertiary/aromatic N) is 1. The molecule has 0 N–H and O–H groups in total. The normalized spacial score (nSPS) is 16.5. The minimum atomic E-state index is -0.286. The second-order valence-corrected chi connectivity index (χ2v) is 5.57. The van der Waals surface area contributed by atoms with Gasteiger partial charge in [-0.1, -0.05) is 0 Å². The van der Waals surface area contributed by atoms with Crippen molar-refractivity contribution in [1.82, 2.24) is 4.57 Å². The lowest BCUT2D eigenvalue weighted by atomic mass is 9.96. The van der Waals surface area contributed by atoms with Crippen molar-refractivity contribution in [3.05, 3.63) is 53.3 Å². The van der Waals surface area contributed by atoms with Crippen molar-refractivity contribution in [1.29, 1.82) is 0 Å². The molecule has 1 aliphatic rings. The smallest absolute Gasteiger partial charge is 0.314 e. The van der Waals surface area contributed by atoms with Crippen LogP contribution in [0.15, 0.2) is 36.4 Å². The zero-order chi connectivity index (χ0) is 16.4. The molecule has 0 aliphatic carbocycles. The average Bonchev–Trinajstić information content (AvgIpc) is 3.04. The van der Waals surface area contributed by atoms with Crippen LogP contribution in [-0.4, -0.2) is 30.5 Å². The Morgan fingerprint density at radius 2 is 1.83 bits per heavy atom. The van der Waals surface area contributed by atoms with Crippen LogP contribution in [0.25, 0.3) is 0 Å². The fourth-order valence-corrected chi connectivity index (χ4v) is 3.11. The highest BCUT2D eigenvalue weighted by molar-refractivity contribution is 6.08. The van der Waals surface area contributed by atoms with Gasteiger partial charge in [-0.15, -0.1) is 0 Å². The fraction of sp³-hybridized carbons (Fsp3) is 0.333. The van der Waals surface area contributed by atoms with Crippen molar-refractivity contribution in [2.45, 2.75) is 25.3 Å². The first kappa shape index (κ1) is 15.3. The van der Waals surface area contributed by atoms with E-state index in [1.807, 2.05) is 10.6 Å². The first-order chi connectivity index (χ1) is 11.2. The van der Waals surface area contributed by atoms with E-state index in [4.69, 9.17) is 9.47 Å². The fourth-order valence-electron chi connectivity index (χ4n) is 3.11. The van der Waals surface area contributed by atoms with E-state index in [0.717, 1.165) is 25.1 Å². The lowest BCUT2D eigenvalue weighted by molar-refractivity contribution is -0.143. The van der Waals surface area contributed by atoms with E-state index in [2.05, 4.69) is 0 Å². The van der Waals surface area contributed by atoms with Gasteiger partial charge in [-0.25, -0.2) is 0 Å². The van der Waals surface area contributed by atoms with Crippen LogP contribution in [0, 0.1) is 0 Å². The number of ether oxygens (including phenoxy) is 2. The summed E-state index contributed by atoms with van der Waals surface area (Å²) >= 11 is 0. The largest absolute Gasteiger partial charge is 0.497 e. The number of methoxy groups -OCH3 is 2. The van der Waals surface area contributed by atoms with Crippen LogP contribution in [0.2, 0.25) is 0 Å². The maximum atomic E-state index is 12.7. The zero-order valence-electron chi connectivity index (χ0n) is 13.2. The summed E-state index contributed by atoms with van der Waals surface area (Å²) in [5, 5.41) is 0. The SMILES string of the molecule is COC(=O)C1CCCn2c(C(=O)c3ccc(OC)cc3)ccc21. The van der Waals surface area contributed by atoms with Gasteiger partial charge in [-0.05, 0) is 49.2 Å². The third-order valence-corrected chi connectivity index (χ3v) is 4.32. The summed E-state index contributed by atoms with van der Waals surface area (Å²) in [7, 11) is 2.99. The molecule has 1 aliphatic heterocycles. The number of benzene rings is 1. The first-order valence-electron chi connectivity index (χ1n) is 7.61. The van der Waals surface area contributed by atoms with E-state index in [1.165, 1.54) is 7.11 Å². The Hall–Kier alpha value is -2.56. The van der Waals surface area contributed by atoms with Crippen LogP contribution in [0.3, 0.4) is 0 Å². The van der Waals surface area contributed by atoms with Gasteiger partial charge in [0.2, 0.25) is 5.78 Å². The summed E-state index contributed by atoms with van der Waals surface area (Å²) in [6.07, 6.45) is 1.61. The third-order valence-electron chi connectivity index (χ3n) is 4.32. The molecule has 1 aromatic heterocycles. The summed E-state index contributed by atoms with van der Waals surface area (Å²) in [4.78, 5) is 24.7. The van der Waals surface area contributed by atoms with Crippen molar-refractivity contribution in [2.24, 2.45) is 0 Å². The number of carbonyl (C=O) groups is 2. The molecule has 5 nitrogen and oxygen atoms in total. The summed E-state index contributed by atoms with van der Waals surface area (Å²) in [5.74, 6) is 0.132. The molecule has 3 rings (SSSR count). The van der Waals surface area contributed by atoms with Gasteiger partial charge in [-0.2, -0.15) is 0 Å². The van der Waals surface area contributed by atoms with Gasteiger partial charge in [0.05, 0.1) is 25.8 Å².